The molecule has 1 aromatic rings. The summed E-state index contributed by atoms with van der Waals surface area (Å²) in [6.07, 6.45) is 0.00656. The Morgan fingerprint density at radius 2 is 2.20 bits per heavy atom. The molecule has 1 N–H and O–H groups in total. The maximum absolute atomic E-state index is 13.0. The molecule has 2 unspecified atom stereocenters. The predicted octanol–water partition coefficient (Wildman–Crippen LogP) is 2.67. The smallest absolute Gasteiger partial charge is 0.128 e. The lowest BCUT2D eigenvalue weighted by Crippen LogP contribution is -2.30. The molecule has 2 nitrogen and oxygen atoms in total. The standard InChI is InChI=1S/C12H15FO2/c1-7(2)11-6-10(14)9-4-3-8(13)5-12(9)15-11/h3-5,7,10-11,14H,6H2,1-2H3. The molecule has 0 aliphatic carbocycles. The highest BCUT2D eigenvalue weighted by molar-refractivity contribution is 5.37. The summed E-state index contributed by atoms with van der Waals surface area (Å²) in [6.45, 7) is 4.06. The number of hydrogen-bond donors (Lipinski definition) is 1. The quantitative estimate of drug-likeness (QED) is 0.772. The van der Waals surface area contributed by atoms with E-state index in [0.717, 1.165) is 0 Å². The average molecular weight is 210 g/mol. The molecule has 15 heavy (non-hydrogen) atoms. The molecule has 1 aliphatic heterocycles. The minimum absolute atomic E-state index is 0.0331. The molecule has 1 aromatic carbocycles. The zero-order valence-corrected chi connectivity index (χ0v) is 8.90. The lowest BCUT2D eigenvalue weighted by molar-refractivity contribution is 0.0424. The van der Waals surface area contributed by atoms with E-state index in [-0.39, 0.29) is 11.9 Å². The number of hydrogen-bond acceptors (Lipinski definition) is 2. The molecule has 0 amide bonds. The van der Waals surface area contributed by atoms with Crippen LogP contribution in [0.1, 0.15) is 31.9 Å². The van der Waals surface area contributed by atoms with E-state index >= 15 is 0 Å². The summed E-state index contributed by atoms with van der Waals surface area (Å²) >= 11 is 0. The van der Waals surface area contributed by atoms with Crippen molar-refractivity contribution in [2.75, 3.05) is 0 Å². The highest BCUT2D eigenvalue weighted by Crippen LogP contribution is 2.36. The van der Waals surface area contributed by atoms with Gasteiger partial charge in [-0.1, -0.05) is 13.8 Å². The number of halogens is 1. The number of ether oxygens (including phenoxy) is 1. The van der Waals surface area contributed by atoms with Crippen LogP contribution in [0.4, 0.5) is 4.39 Å². The summed E-state index contributed by atoms with van der Waals surface area (Å²) in [5, 5.41) is 9.87. The lowest BCUT2D eigenvalue weighted by atomic mass is 9.93. The van der Waals surface area contributed by atoms with E-state index in [9.17, 15) is 9.50 Å². The first-order valence-electron chi connectivity index (χ1n) is 5.22. The predicted molar refractivity (Wildman–Crippen MR) is 55.2 cm³/mol. The van der Waals surface area contributed by atoms with Crippen LogP contribution in [0.25, 0.3) is 0 Å². The third-order valence-electron chi connectivity index (χ3n) is 2.81. The number of aliphatic hydroxyl groups is 1. The van der Waals surface area contributed by atoms with Crippen molar-refractivity contribution in [3.8, 4) is 5.75 Å². The second-order valence-corrected chi connectivity index (χ2v) is 4.33. The maximum Gasteiger partial charge on any atom is 0.128 e. The first kappa shape index (κ1) is 10.4. The van der Waals surface area contributed by atoms with Gasteiger partial charge >= 0.3 is 0 Å². The Bertz CT molecular complexity index is 363. The number of aliphatic hydroxyl groups excluding tert-OH is 1. The van der Waals surface area contributed by atoms with E-state index in [4.69, 9.17) is 4.74 Å². The van der Waals surface area contributed by atoms with Gasteiger partial charge in [-0.15, -0.1) is 0 Å². The first-order chi connectivity index (χ1) is 7.08. The first-order valence-corrected chi connectivity index (χ1v) is 5.22. The van der Waals surface area contributed by atoms with E-state index in [1.165, 1.54) is 12.1 Å². The average Bonchev–Trinajstić information content (AvgIpc) is 2.16. The zero-order valence-electron chi connectivity index (χ0n) is 8.90. The van der Waals surface area contributed by atoms with Crippen LogP contribution in [0.5, 0.6) is 5.75 Å². The number of fused-ring (bicyclic) bond motifs is 1. The van der Waals surface area contributed by atoms with Crippen LogP contribution >= 0.6 is 0 Å². The molecule has 2 atom stereocenters. The van der Waals surface area contributed by atoms with Gasteiger partial charge in [0.05, 0.1) is 6.10 Å². The van der Waals surface area contributed by atoms with E-state index in [1.54, 1.807) is 6.07 Å². The number of benzene rings is 1. The molecule has 1 heterocycles. The Hall–Kier alpha value is -1.09. The monoisotopic (exact) mass is 210 g/mol. The van der Waals surface area contributed by atoms with Crippen molar-refractivity contribution < 1.29 is 14.2 Å². The SMILES string of the molecule is CC(C)C1CC(O)c2ccc(F)cc2O1. The van der Waals surface area contributed by atoms with Gasteiger partial charge in [-0.25, -0.2) is 4.39 Å². The largest absolute Gasteiger partial charge is 0.490 e. The third kappa shape index (κ3) is 1.97. The summed E-state index contributed by atoms with van der Waals surface area (Å²) in [5.41, 5.74) is 0.688. The Morgan fingerprint density at radius 1 is 1.47 bits per heavy atom. The van der Waals surface area contributed by atoms with E-state index < -0.39 is 6.10 Å². The van der Waals surface area contributed by atoms with Gasteiger partial charge in [0.15, 0.2) is 0 Å². The van der Waals surface area contributed by atoms with Crippen LogP contribution in [0.2, 0.25) is 0 Å². The molecule has 2 rings (SSSR count). The van der Waals surface area contributed by atoms with Gasteiger partial charge in [0.2, 0.25) is 0 Å². The van der Waals surface area contributed by atoms with E-state index in [0.29, 0.717) is 23.7 Å². The van der Waals surface area contributed by atoms with Crippen LogP contribution in [-0.4, -0.2) is 11.2 Å². The highest BCUT2D eigenvalue weighted by Gasteiger charge is 2.28. The molecular formula is C12H15FO2. The van der Waals surface area contributed by atoms with Crippen molar-refractivity contribution in [2.45, 2.75) is 32.5 Å². The van der Waals surface area contributed by atoms with Gasteiger partial charge in [0.1, 0.15) is 17.7 Å². The summed E-state index contributed by atoms with van der Waals surface area (Å²) in [6, 6.07) is 4.28. The van der Waals surface area contributed by atoms with Gasteiger partial charge in [0, 0.05) is 18.1 Å². The normalized spacial score (nSPS) is 24.9. The molecular weight excluding hydrogens is 195 g/mol. The Kier molecular flexibility index (Phi) is 2.65. The fourth-order valence-electron chi connectivity index (χ4n) is 1.85. The van der Waals surface area contributed by atoms with Gasteiger partial charge in [-0.2, -0.15) is 0 Å². The van der Waals surface area contributed by atoms with Crippen LogP contribution in [-0.2, 0) is 0 Å². The molecule has 0 saturated carbocycles. The summed E-state index contributed by atoms with van der Waals surface area (Å²) in [7, 11) is 0. The van der Waals surface area contributed by atoms with Gasteiger partial charge < -0.3 is 9.84 Å². The summed E-state index contributed by atoms with van der Waals surface area (Å²) in [4.78, 5) is 0. The second-order valence-electron chi connectivity index (χ2n) is 4.33. The van der Waals surface area contributed by atoms with Crippen molar-refractivity contribution in [1.82, 2.24) is 0 Å². The molecule has 3 heteroatoms. The highest BCUT2D eigenvalue weighted by atomic mass is 19.1. The van der Waals surface area contributed by atoms with Crippen molar-refractivity contribution >= 4 is 0 Å². The maximum atomic E-state index is 13.0. The molecule has 0 saturated heterocycles. The zero-order chi connectivity index (χ0) is 11.0. The fourth-order valence-corrected chi connectivity index (χ4v) is 1.85. The van der Waals surface area contributed by atoms with Crippen LogP contribution in [0.3, 0.4) is 0 Å². The van der Waals surface area contributed by atoms with Crippen LogP contribution in [0.15, 0.2) is 18.2 Å². The van der Waals surface area contributed by atoms with Crippen molar-refractivity contribution in [3.05, 3.63) is 29.6 Å². The second kappa shape index (κ2) is 3.81. The molecule has 0 radical (unpaired) electrons. The van der Waals surface area contributed by atoms with Gasteiger partial charge in [-0.3, -0.25) is 0 Å². The molecule has 82 valence electrons. The van der Waals surface area contributed by atoms with Crippen molar-refractivity contribution in [3.63, 3.8) is 0 Å². The Morgan fingerprint density at radius 3 is 2.87 bits per heavy atom. The van der Waals surface area contributed by atoms with Crippen LogP contribution < -0.4 is 4.74 Å². The lowest BCUT2D eigenvalue weighted by Gasteiger charge is -2.31. The van der Waals surface area contributed by atoms with E-state index in [2.05, 4.69) is 0 Å². The Labute approximate surface area is 88.7 Å². The molecule has 0 bridgehead atoms. The van der Waals surface area contributed by atoms with Gasteiger partial charge in [-0.05, 0) is 18.1 Å². The summed E-state index contributed by atoms with van der Waals surface area (Å²) in [5.74, 6) is 0.467. The molecule has 0 aromatic heterocycles. The number of rotatable bonds is 1. The topological polar surface area (TPSA) is 29.5 Å². The van der Waals surface area contributed by atoms with Crippen LogP contribution in [0, 0.1) is 11.7 Å². The summed E-state index contributed by atoms with van der Waals surface area (Å²) < 4.78 is 18.6. The van der Waals surface area contributed by atoms with Crippen molar-refractivity contribution in [2.24, 2.45) is 5.92 Å². The van der Waals surface area contributed by atoms with Crippen molar-refractivity contribution in [1.29, 1.82) is 0 Å². The fraction of sp³-hybridized carbons (Fsp3) is 0.500. The molecule has 0 spiro atoms. The minimum atomic E-state index is -0.540. The Balaban J connectivity index is 2.33. The minimum Gasteiger partial charge on any atom is -0.490 e. The molecule has 0 fully saturated rings. The molecule has 1 aliphatic rings. The van der Waals surface area contributed by atoms with E-state index in [1.807, 2.05) is 13.8 Å². The third-order valence-corrected chi connectivity index (χ3v) is 2.81. The van der Waals surface area contributed by atoms with Gasteiger partial charge in [0.25, 0.3) is 0 Å².